The number of hydrogen-bond acceptors (Lipinski definition) is 14. The summed E-state index contributed by atoms with van der Waals surface area (Å²) < 4.78 is 29.3. The van der Waals surface area contributed by atoms with Crippen LogP contribution >= 0.6 is 0 Å². The molecule has 1 saturated heterocycles. The molecule has 3 rings (SSSR count). The third-order valence-corrected chi connectivity index (χ3v) is 20.7. The van der Waals surface area contributed by atoms with Gasteiger partial charge in [0.2, 0.25) is 29.5 Å². The monoisotopic (exact) mass is 1240 g/mol. The minimum Gasteiger partial charge on any atom is -0.466 e. The van der Waals surface area contributed by atoms with Crippen LogP contribution in [0.3, 0.4) is 0 Å². The van der Waals surface area contributed by atoms with E-state index >= 15 is 0 Å². The molecule has 1 fully saturated rings. The predicted octanol–water partition coefficient (Wildman–Crippen LogP) is 8.52. The van der Waals surface area contributed by atoms with Crippen LogP contribution in [-0.4, -0.2) is 186 Å². The summed E-state index contributed by atoms with van der Waals surface area (Å²) >= 11 is 0. The summed E-state index contributed by atoms with van der Waals surface area (Å²) in [6.07, 6.45) is 2.53. The molecule has 13 atom stereocenters. The molecule has 22 heteroatoms. The number of likely N-dealkylation sites (tertiary alicyclic amines) is 1. The molecule has 2 aliphatic rings. The molecule has 0 aromatic heterocycles. The number of carbonyl (C=O) groups is 8. The molecule has 0 saturated carbocycles. The number of esters is 2. The number of ether oxygens (including phenoxy) is 5. The summed E-state index contributed by atoms with van der Waals surface area (Å²) in [6, 6.07) is 5.57. The lowest BCUT2D eigenvalue weighted by Gasteiger charge is -2.41. The van der Waals surface area contributed by atoms with Gasteiger partial charge < -0.3 is 54.5 Å². The number of amides is 6. The number of aliphatic hydroxyl groups excluding tert-OH is 1. The normalized spacial score (nSPS) is 21.3. The molecule has 1 heterocycles. The lowest BCUT2D eigenvalue weighted by molar-refractivity contribution is -0.154. The summed E-state index contributed by atoms with van der Waals surface area (Å²) in [5.41, 5.74) is -0.353. The highest BCUT2D eigenvalue weighted by Crippen LogP contribution is 2.35. The van der Waals surface area contributed by atoms with Gasteiger partial charge in [0.15, 0.2) is 0 Å². The van der Waals surface area contributed by atoms with Gasteiger partial charge in [0.05, 0.1) is 68.4 Å². The maximum Gasteiger partial charge on any atom is 0.410 e. The number of benzene rings is 1. The zero-order valence-corrected chi connectivity index (χ0v) is 57.6. The molecule has 20 nitrogen and oxygen atoms in total. The summed E-state index contributed by atoms with van der Waals surface area (Å²) in [5.74, 6) is -4.91. The first kappa shape index (κ1) is 75.1. The highest BCUT2D eigenvalue weighted by Gasteiger charge is 2.45. The Morgan fingerprint density at radius 1 is 0.767 bits per heavy atom. The van der Waals surface area contributed by atoms with Crippen LogP contribution in [0.4, 0.5) is 4.79 Å². The second-order valence-electron chi connectivity index (χ2n) is 27.5. The van der Waals surface area contributed by atoms with Gasteiger partial charge in [0.1, 0.15) is 24.2 Å². The quantitative estimate of drug-likeness (QED) is 0.0229. The Bertz CT molecular complexity index is 2400. The second-order valence-corrected chi connectivity index (χ2v) is 38.7. The van der Waals surface area contributed by atoms with Crippen LogP contribution in [0.15, 0.2) is 42.5 Å². The van der Waals surface area contributed by atoms with Crippen LogP contribution in [0.1, 0.15) is 132 Å². The van der Waals surface area contributed by atoms with E-state index < -0.39 is 136 Å². The zero-order chi connectivity index (χ0) is 65.0. The number of hydrogen-bond donors (Lipinski definition) is 4. The summed E-state index contributed by atoms with van der Waals surface area (Å²) in [7, 11) is 3.10. The van der Waals surface area contributed by atoms with Crippen molar-refractivity contribution in [3.8, 4) is 0 Å². The Labute approximate surface area is 516 Å². The van der Waals surface area contributed by atoms with E-state index in [9.17, 15) is 43.5 Å². The first-order chi connectivity index (χ1) is 40.1. The molecule has 4 N–H and O–H groups in total. The van der Waals surface area contributed by atoms with Crippen molar-refractivity contribution in [2.45, 2.75) is 232 Å². The molecular formula is C64H110N6O14Si2. The second kappa shape index (κ2) is 34.6. The van der Waals surface area contributed by atoms with Crippen LogP contribution in [-0.2, 0) is 57.2 Å². The molecule has 0 bridgehead atoms. The first-order valence-corrected chi connectivity index (χ1v) is 38.7. The smallest absolute Gasteiger partial charge is 0.410 e. The largest absolute Gasteiger partial charge is 0.466 e. The lowest BCUT2D eigenvalue weighted by Crippen LogP contribution is -2.60. The van der Waals surface area contributed by atoms with Crippen molar-refractivity contribution in [3.63, 3.8) is 0 Å². The van der Waals surface area contributed by atoms with E-state index in [0.717, 1.165) is 6.04 Å². The van der Waals surface area contributed by atoms with Crippen molar-refractivity contribution in [2.75, 3.05) is 48.1 Å². The van der Waals surface area contributed by atoms with Gasteiger partial charge in [-0.25, -0.2) is 9.59 Å². The van der Waals surface area contributed by atoms with Crippen LogP contribution in [0.25, 0.3) is 0 Å². The number of carbonyl (C=O) groups excluding carboxylic acids is 8. The van der Waals surface area contributed by atoms with E-state index in [1.165, 1.54) is 26.2 Å². The molecule has 1 aromatic carbocycles. The standard InChI is InChI=1S/C64H110N6O14Si2/c1-20-43(6)55(50(80-12)40-51(71)70-34-26-30-49(70)57(81-13)44(7)58(74)65-45(8)56(73)46-27-22-21-23-28-46)68(10)60(76)53(41(2)3)67-59(75)54(42(4)5)69(11)63(79)84-47-29-24-25-32-64(9,33-31-47)62(78)66-48(61(77)83-36-38-86(17,18)19)39-52(72)82-35-37-85(14,15)16/h21-24,27-29,41-45,47-50,53-57,73H,20,25-26,30-40H2,1-19H3,(H,65,74)(H,66,78)(H,67,75)/b29-24-/t43-,44+,45+,47-,48-,49-,50?,53-,54-,55-,56+,57+,64+/m0/s1. The summed E-state index contributed by atoms with van der Waals surface area (Å²) in [6.45, 7) is 30.3. The SMILES string of the molecule is CC[C@H](C)[C@@H](C(CC(=O)N1CCC[C@H]1[C@H](OC)[C@@H](C)C(=O)N[C@H](C)[C@@H](O)c1ccccc1)OC)N(C)C(=O)[C@@H](NC(=O)[C@H](C(C)C)N(C)C(=O)O[C@H]1/C=C\CC[C@@](C)(C(=O)N[C@@H](CC(=O)OCC[Si](C)(C)C)C(=O)OCC[Si](C)(C)C)CC1)C(C)C. The van der Waals surface area contributed by atoms with Gasteiger partial charge in [0.25, 0.3) is 0 Å². The van der Waals surface area contributed by atoms with Gasteiger partial charge in [-0.1, -0.05) is 138 Å². The van der Waals surface area contributed by atoms with Crippen LogP contribution < -0.4 is 16.0 Å². The van der Waals surface area contributed by atoms with E-state index in [4.69, 9.17) is 23.7 Å². The van der Waals surface area contributed by atoms with E-state index in [1.807, 2.05) is 52.0 Å². The summed E-state index contributed by atoms with van der Waals surface area (Å²) in [5, 5.41) is 19.7. The Hall–Kier alpha value is -5.17. The van der Waals surface area contributed by atoms with Gasteiger partial charge in [-0.2, -0.15) is 0 Å². The predicted molar refractivity (Wildman–Crippen MR) is 339 cm³/mol. The maximum absolute atomic E-state index is 14.9. The van der Waals surface area contributed by atoms with Crippen molar-refractivity contribution >= 4 is 63.7 Å². The molecule has 6 amide bonds. The number of nitrogens with one attached hydrogen (secondary N) is 3. The van der Waals surface area contributed by atoms with Gasteiger partial charge in [-0.15, -0.1) is 0 Å². The average Bonchev–Trinajstić information content (AvgIpc) is 2.98. The molecular weight excluding hydrogens is 1130 g/mol. The third kappa shape index (κ3) is 22.8. The number of rotatable bonds is 32. The number of allylic oxidation sites excluding steroid dienone is 1. The number of likely N-dealkylation sites (N-methyl/N-ethyl adjacent to an activating group) is 2. The molecule has 0 spiro atoms. The van der Waals surface area contributed by atoms with Crippen LogP contribution in [0, 0.1) is 29.1 Å². The minimum atomic E-state index is -1.56. The fourth-order valence-corrected chi connectivity index (χ4v) is 12.8. The van der Waals surface area contributed by atoms with Crippen LogP contribution in [0.5, 0.6) is 0 Å². The van der Waals surface area contributed by atoms with Gasteiger partial charge in [0, 0.05) is 56.4 Å². The zero-order valence-electron chi connectivity index (χ0n) is 55.6. The minimum absolute atomic E-state index is 0.0758. The fourth-order valence-electron chi connectivity index (χ4n) is 11.3. The van der Waals surface area contributed by atoms with Gasteiger partial charge in [-0.3, -0.25) is 33.7 Å². The Kier molecular flexibility index (Phi) is 30.2. The van der Waals surface area contributed by atoms with Crippen molar-refractivity contribution in [1.29, 1.82) is 0 Å². The van der Waals surface area contributed by atoms with Crippen molar-refractivity contribution in [2.24, 2.45) is 29.1 Å². The highest BCUT2D eigenvalue weighted by molar-refractivity contribution is 6.76. The highest BCUT2D eigenvalue weighted by atomic mass is 28.3. The molecule has 1 unspecified atom stereocenters. The van der Waals surface area contributed by atoms with E-state index in [1.54, 1.807) is 69.7 Å². The first-order valence-electron chi connectivity index (χ1n) is 31.3. The van der Waals surface area contributed by atoms with Crippen molar-refractivity contribution in [1.82, 2.24) is 30.7 Å². The average molecular weight is 1240 g/mol. The van der Waals surface area contributed by atoms with Gasteiger partial charge >= 0.3 is 18.0 Å². The molecule has 1 aromatic rings. The van der Waals surface area contributed by atoms with E-state index in [0.29, 0.717) is 50.3 Å². The maximum atomic E-state index is 14.9. The third-order valence-electron chi connectivity index (χ3n) is 17.2. The number of nitrogens with zero attached hydrogens (tertiary/aromatic N) is 3. The number of aliphatic hydroxyl groups is 1. The molecule has 1 aliphatic carbocycles. The molecule has 488 valence electrons. The fraction of sp³-hybridized carbons (Fsp3) is 0.750. The Morgan fingerprint density at radius 2 is 1.38 bits per heavy atom. The van der Waals surface area contributed by atoms with Crippen molar-refractivity contribution < 1.29 is 67.1 Å². The summed E-state index contributed by atoms with van der Waals surface area (Å²) in [4.78, 5) is 117. The Balaban J connectivity index is 1.75. The Morgan fingerprint density at radius 3 is 1.94 bits per heavy atom. The molecule has 86 heavy (non-hydrogen) atoms. The lowest BCUT2D eigenvalue weighted by atomic mass is 9.77. The number of methoxy groups -OCH3 is 2. The van der Waals surface area contributed by atoms with Crippen LogP contribution in [0.2, 0.25) is 51.4 Å². The molecule has 1 aliphatic heterocycles. The van der Waals surface area contributed by atoms with E-state index in [2.05, 4.69) is 55.2 Å². The van der Waals surface area contributed by atoms with E-state index in [-0.39, 0.29) is 56.6 Å². The topological polar surface area (TPSA) is 249 Å². The van der Waals surface area contributed by atoms with Gasteiger partial charge in [-0.05, 0) is 86.9 Å². The molecule has 0 radical (unpaired) electrons. The van der Waals surface area contributed by atoms with Crippen molar-refractivity contribution in [3.05, 3.63) is 48.0 Å².